The van der Waals surface area contributed by atoms with Gasteiger partial charge in [0.2, 0.25) is 23.3 Å². The first-order valence-corrected chi connectivity index (χ1v) is 12.7. The highest BCUT2D eigenvalue weighted by atomic mass is 16.5. The van der Waals surface area contributed by atoms with Crippen LogP contribution in [0, 0.1) is 0 Å². The standard InChI is InChI=1S/C26H31N3O12/c1-12-18(31)24(37)23(36)16(4-5-29(26(12)39)15-2-3-17(30)27-25(15)38)41-11-14-21(34)19(32)13(20(33)22(14)35)10-28-6-8-40-9-7-28/h4,15,31-37H,2-3,5-11H2,1H3,(H,27,30,38)/b16-4-,18-12-,24-23-. The Kier molecular flexibility index (Phi) is 8.49. The molecular formula is C26H31N3O12. The van der Waals surface area contributed by atoms with E-state index in [1.54, 1.807) is 0 Å². The van der Waals surface area contributed by atoms with Crippen molar-refractivity contribution in [3.05, 3.63) is 45.8 Å². The first-order valence-electron chi connectivity index (χ1n) is 12.7. The molecule has 41 heavy (non-hydrogen) atoms. The van der Waals surface area contributed by atoms with Gasteiger partial charge in [-0.05, 0) is 19.4 Å². The Labute approximate surface area is 233 Å². The number of morpholine rings is 1. The zero-order valence-electron chi connectivity index (χ0n) is 22.1. The summed E-state index contributed by atoms with van der Waals surface area (Å²) in [7, 11) is 0. The summed E-state index contributed by atoms with van der Waals surface area (Å²) in [6, 6.07) is -1.12. The van der Waals surface area contributed by atoms with E-state index >= 15 is 0 Å². The molecule has 0 saturated carbocycles. The molecule has 3 aliphatic rings. The Morgan fingerprint density at radius 3 is 2.12 bits per heavy atom. The number of nitrogens with one attached hydrogen (secondary N) is 1. The van der Waals surface area contributed by atoms with Crippen LogP contribution in [0.15, 0.2) is 34.7 Å². The molecule has 1 aromatic carbocycles. The van der Waals surface area contributed by atoms with Gasteiger partial charge in [0, 0.05) is 32.6 Å². The molecule has 3 aliphatic heterocycles. The lowest BCUT2D eigenvalue weighted by atomic mass is 10.0. The zero-order valence-corrected chi connectivity index (χ0v) is 22.1. The molecule has 4 rings (SSSR count). The number of aromatic hydroxyl groups is 4. The fourth-order valence-electron chi connectivity index (χ4n) is 4.67. The van der Waals surface area contributed by atoms with E-state index in [2.05, 4.69) is 5.32 Å². The summed E-state index contributed by atoms with van der Waals surface area (Å²) in [6.45, 7) is 1.85. The van der Waals surface area contributed by atoms with Crippen molar-refractivity contribution in [3.8, 4) is 23.0 Å². The minimum atomic E-state index is -1.13. The second kappa shape index (κ2) is 11.9. The van der Waals surface area contributed by atoms with Gasteiger partial charge in [0.05, 0.1) is 29.9 Å². The normalized spacial score (nSPS) is 26.1. The van der Waals surface area contributed by atoms with Gasteiger partial charge in [0.1, 0.15) is 12.6 Å². The third-order valence-corrected chi connectivity index (χ3v) is 7.13. The summed E-state index contributed by atoms with van der Waals surface area (Å²) in [4.78, 5) is 40.0. The second-order valence-corrected chi connectivity index (χ2v) is 9.69. The molecule has 0 aromatic heterocycles. The van der Waals surface area contributed by atoms with Crippen LogP contribution in [0.2, 0.25) is 0 Å². The van der Waals surface area contributed by atoms with Gasteiger partial charge in [-0.2, -0.15) is 0 Å². The number of rotatable bonds is 6. The van der Waals surface area contributed by atoms with Crippen LogP contribution in [0.25, 0.3) is 0 Å². The van der Waals surface area contributed by atoms with Gasteiger partial charge in [0.25, 0.3) is 5.91 Å². The lowest BCUT2D eigenvalue weighted by molar-refractivity contribution is -0.143. The van der Waals surface area contributed by atoms with Crippen LogP contribution in [0.3, 0.4) is 0 Å². The summed E-state index contributed by atoms with van der Waals surface area (Å²) >= 11 is 0. The number of ether oxygens (including phenoxy) is 2. The van der Waals surface area contributed by atoms with E-state index in [0.29, 0.717) is 26.3 Å². The minimum absolute atomic E-state index is 0.000994. The van der Waals surface area contributed by atoms with Crippen LogP contribution >= 0.6 is 0 Å². The average Bonchev–Trinajstić information content (AvgIpc) is 2.98. The molecule has 0 bridgehead atoms. The fourth-order valence-corrected chi connectivity index (χ4v) is 4.67. The van der Waals surface area contributed by atoms with E-state index in [-0.39, 0.29) is 24.9 Å². The number of phenolic OH excluding ortho intramolecular Hbond substituents is 4. The van der Waals surface area contributed by atoms with Crippen molar-refractivity contribution in [2.24, 2.45) is 0 Å². The molecule has 3 heterocycles. The molecule has 1 aromatic rings. The van der Waals surface area contributed by atoms with Crippen molar-refractivity contribution < 1.29 is 59.6 Å². The van der Waals surface area contributed by atoms with Crippen molar-refractivity contribution in [2.45, 2.75) is 39.0 Å². The van der Waals surface area contributed by atoms with Gasteiger partial charge in [-0.15, -0.1) is 0 Å². The molecule has 0 radical (unpaired) electrons. The number of aliphatic hydroxyl groups excluding tert-OH is 3. The lowest BCUT2D eigenvalue weighted by Crippen LogP contribution is -2.54. The number of aliphatic hydroxyl groups is 3. The number of imide groups is 1. The molecule has 2 saturated heterocycles. The van der Waals surface area contributed by atoms with Gasteiger partial charge in [-0.25, -0.2) is 0 Å². The fraction of sp³-hybridized carbons (Fsp3) is 0.423. The summed E-state index contributed by atoms with van der Waals surface area (Å²) in [5.41, 5.74) is -1.00. The Morgan fingerprint density at radius 2 is 1.51 bits per heavy atom. The molecule has 222 valence electrons. The van der Waals surface area contributed by atoms with Crippen molar-refractivity contribution >= 4 is 17.7 Å². The summed E-state index contributed by atoms with van der Waals surface area (Å²) in [5, 5.41) is 76.0. The van der Waals surface area contributed by atoms with E-state index in [4.69, 9.17) is 9.47 Å². The van der Waals surface area contributed by atoms with E-state index in [1.807, 2.05) is 4.90 Å². The molecule has 0 aliphatic carbocycles. The Bertz CT molecular complexity index is 1330. The topological polar surface area (TPSA) is 230 Å². The SMILES string of the molecule is C\C1=C(O)/C(O)=C(O)\C(OCc2c(O)c(O)c(CN3CCOCC3)c(O)c2O)=C\CN(C2CCC(=O)NC2=O)C1=O. The third kappa shape index (κ3) is 5.81. The van der Waals surface area contributed by atoms with Crippen molar-refractivity contribution in [3.63, 3.8) is 0 Å². The van der Waals surface area contributed by atoms with Gasteiger partial charge < -0.3 is 50.1 Å². The van der Waals surface area contributed by atoms with Gasteiger partial charge in [-0.1, -0.05) is 0 Å². The van der Waals surface area contributed by atoms with Crippen LogP contribution in [-0.4, -0.2) is 102 Å². The van der Waals surface area contributed by atoms with E-state index in [0.717, 1.165) is 17.9 Å². The second-order valence-electron chi connectivity index (χ2n) is 9.69. The number of hydrogen-bond donors (Lipinski definition) is 8. The number of hydrogen-bond acceptors (Lipinski definition) is 13. The maximum Gasteiger partial charge on any atom is 0.254 e. The monoisotopic (exact) mass is 577 g/mol. The van der Waals surface area contributed by atoms with Gasteiger partial charge >= 0.3 is 0 Å². The number of carbonyl (C=O) groups excluding carboxylic acids is 3. The van der Waals surface area contributed by atoms with Crippen LogP contribution in [0.1, 0.15) is 30.9 Å². The Balaban J connectivity index is 1.64. The molecule has 1 unspecified atom stereocenters. The molecule has 0 spiro atoms. The number of carbonyl (C=O) groups is 3. The zero-order chi connectivity index (χ0) is 30.0. The molecule has 15 heteroatoms. The van der Waals surface area contributed by atoms with Crippen molar-refractivity contribution in [1.82, 2.24) is 15.1 Å². The molecule has 3 amide bonds. The largest absolute Gasteiger partial charge is 0.504 e. The number of amides is 3. The van der Waals surface area contributed by atoms with Crippen LogP contribution in [0.4, 0.5) is 0 Å². The van der Waals surface area contributed by atoms with E-state index in [9.17, 15) is 50.1 Å². The van der Waals surface area contributed by atoms with Crippen LogP contribution < -0.4 is 5.32 Å². The minimum Gasteiger partial charge on any atom is -0.504 e. The summed E-state index contributed by atoms with van der Waals surface area (Å²) in [5.74, 6) is -8.85. The molecule has 1 atom stereocenters. The van der Waals surface area contributed by atoms with Gasteiger partial charge in [0.15, 0.2) is 34.5 Å². The van der Waals surface area contributed by atoms with Crippen molar-refractivity contribution in [1.29, 1.82) is 0 Å². The third-order valence-electron chi connectivity index (χ3n) is 7.13. The first-order chi connectivity index (χ1) is 19.4. The number of nitrogens with zero attached hydrogens (tertiary/aromatic N) is 2. The summed E-state index contributed by atoms with van der Waals surface area (Å²) in [6.07, 6.45) is 1.03. The highest BCUT2D eigenvalue weighted by molar-refractivity contribution is 6.03. The molecule has 15 nitrogen and oxygen atoms in total. The predicted molar refractivity (Wildman–Crippen MR) is 138 cm³/mol. The number of phenols is 4. The summed E-state index contributed by atoms with van der Waals surface area (Å²) < 4.78 is 10.8. The Hall–Kier alpha value is -4.63. The van der Waals surface area contributed by atoms with Crippen LogP contribution in [-0.2, 0) is 37.0 Å². The Morgan fingerprint density at radius 1 is 0.902 bits per heavy atom. The first kappa shape index (κ1) is 29.4. The maximum absolute atomic E-state index is 13.1. The molecule has 2 fully saturated rings. The van der Waals surface area contributed by atoms with E-state index < -0.39 is 94.1 Å². The number of benzene rings is 1. The highest BCUT2D eigenvalue weighted by Gasteiger charge is 2.36. The van der Waals surface area contributed by atoms with Crippen molar-refractivity contribution in [2.75, 3.05) is 32.8 Å². The van der Waals surface area contributed by atoms with E-state index in [1.165, 1.54) is 0 Å². The lowest BCUT2D eigenvalue weighted by Gasteiger charge is -2.32. The highest BCUT2D eigenvalue weighted by Crippen LogP contribution is 2.47. The predicted octanol–water partition coefficient (Wildman–Crippen LogP) is 0.549. The van der Waals surface area contributed by atoms with Crippen LogP contribution in [0.5, 0.6) is 23.0 Å². The number of piperidine rings is 1. The smallest absolute Gasteiger partial charge is 0.254 e. The average molecular weight is 578 g/mol. The molecule has 8 N–H and O–H groups in total. The maximum atomic E-state index is 13.1. The molecular weight excluding hydrogens is 546 g/mol. The quantitative estimate of drug-likeness (QED) is 0.131. The van der Waals surface area contributed by atoms with Gasteiger partial charge in [-0.3, -0.25) is 24.6 Å².